The highest BCUT2D eigenvalue weighted by Gasteiger charge is 2.39. The van der Waals surface area contributed by atoms with E-state index < -0.39 is 8.07 Å². The SMILES string of the molecule is C[Si](C)(C)CCOCn1ccc2c(-c3cnn(C4(CC#N)CCC4)c3)ccnc21. The molecule has 29 heavy (non-hydrogen) atoms. The second kappa shape index (κ2) is 7.77. The first-order valence-corrected chi connectivity index (χ1v) is 14.1. The molecule has 6 nitrogen and oxygen atoms in total. The monoisotopic (exact) mass is 407 g/mol. The predicted molar refractivity (Wildman–Crippen MR) is 117 cm³/mol. The van der Waals surface area contributed by atoms with Crippen LogP contribution < -0.4 is 0 Å². The summed E-state index contributed by atoms with van der Waals surface area (Å²) in [5.41, 5.74) is 3.00. The van der Waals surface area contributed by atoms with Gasteiger partial charge in [-0.2, -0.15) is 10.4 Å². The van der Waals surface area contributed by atoms with Gasteiger partial charge in [-0.3, -0.25) is 4.68 Å². The van der Waals surface area contributed by atoms with Gasteiger partial charge in [-0.1, -0.05) is 19.6 Å². The summed E-state index contributed by atoms with van der Waals surface area (Å²) in [7, 11) is -1.08. The van der Waals surface area contributed by atoms with Gasteiger partial charge < -0.3 is 9.30 Å². The summed E-state index contributed by atoms with van der Waals surface area (Å²) in [6, 6.07) is 7.64. The van der Waals surface area contributed by atoms with Gasteiger partial charge in [0.15, 0.2) is 0 Å². The summed E-state index contributed by atoms with van der Waals surface area (Å²) in [6.45, 7) is 8.40. The van der Waals surface area contributed by atoms with Crippen LogP contribution in [0.1, 0.15) is 25.7 Å². The highest BCUT2D eigenvalue weighted by Crippen LogP contribution is 2.42. The van der Waals surface area contributed by atoms with Gasteiger partial charge in [0.1, 0.15) is 12.4 Å². The van der Waals surface area contributed by atoms with Gasteiger partial charge in [-0.15, -0.1) is 0 Å². The van der Waals surface area contributed by atoms with Crippen LogP contribution in [-0.4, -0.2) is 34.0 Å². The summed E-state index contributed by atoms with van der Waals surface area (Å²) in [5.74, 6) is 0. The third-order valence-electron chi connectivity index (χ3n) is 5.96. The average molecular weight is 408 g/mol. The molecule has 0 radical (unpaired) electrons. The van der Waals surface area contributed by atoms with E-state index in [0.29, 0.717) is 13.2 Å². The van der Waals surface area contributed by atoms with Crippen molar-refractivity contribution in [3.05, 3.63) is 36.9 Å². The number of hydrogen-bond acceptors (Lipinski definition) is 4. The number of fused-ring (bicyclic) bond motifs is 1. The summed E-state index contributed by atoms with van der Waals surface area (Å²) in [4.78, 5) is 4.59. The molecule has 1 fully saturated rings. The third-order valence-corrected chi connectivity index (χ3v) is 7.67. The number of nitrogens with zero attached hydrogens (tertiary/aromatic N) is 5. The second-order valence-corrected chi connectivity index (χ2v) is 14.9. The highest BCUT2D eigenvalue weighted by atomic mass is 28.3. The van der Waals surface area contributed by atoms with E-state index >= 15 is 0 Å². The van der Waals surface area contributed by atoms with E-state index in [2.05, 4.69) is 52.6 Å². The van der Waals surface area contributed by atoms with Crippen LogP contribution in [0, 0.1) is 11.3 Å². The maximum Gasteiger partial charge on any atom is 0.142 e. The van der Waals surface area contributed by atoms with E-state index in [1.165, 1.54) is 0 Å². The van der Waals surface area contributed by atoms with Gasteiger partial charge in [-0.05, 0) is 43.0 Å². The van der Waals surface area contributed by atoms with E-state index in [4.69, 9.17) is 4.74 Å². The zero-order valence-electron chi connectivity index (χ0n) is 17.6. The molecule has 7 heteroatoms. The minimum atomic E-state index is -1.08. The first kappa shape index (κ1) is 19.9. The zero-order valence-corrected chi connectivity index (χ0v) is 18.6. The molecule has 0 aliphatic heterocycles. The summed E-state index contributed by atoms with van der Waals surface area (Å²) < 4.78 is 9.99. The molecular formula is C22H29N5OSi. The van der Waals surface area contributed by atoms with Crippen molar-refractivity contribution in [1.82, 2.24) is 19.3 Å². The van der Waals surface area contributed by atoms with Crippen molar-refractivity contribution in [1.29, 1.82) is 5.26 Å². The maximum atomic E-state index is 9.22. The molecule has 3 heterocycles. The standard InChI is InChI=1S/C22H29N5OSi/c1-29(2,3)14-13-28-17-26-12-6-20-19(5-11-24-21(20)26)18-15-25-27(16-18)22(9-10-23)7-4-8-22/h5-6,11-12,15-16H,4,7-9,13-14,17H2,1-3H3. The fraction of sp³-hybridized carbons (Fsp3) is 0.500. The fourth-order valence-corrected chi connectivity index (χ4v) is 4.68. The molecule has 1 aliphatic carbocycles. The molecule has 0 aromatic carbocycles. The predicted octanol–water partition coefficient (Wildman–Crippen LogP) is 5.00. The lowest BCUT2D eigenvalue weighted by molar-refractivity contribution is 0.0899. The van der Waals surface area contributed by atoms with Gasteiger partial charge in [0, 0.05) is 44.2 Å². The zero-order chi connectivity index (χ0) is 20.5. The first-order chi connectivity index (χ1) is 13.9. The normalized spacial score (nSPS) is 15.9. The summed E-state index contributed by atoms with van der Waals surface area (Å²) in [5, 5.41) is 14.9. The number of nitriles is 1. The molecule has 3 aromatic rings. The second-order valence-electron chi connectivity index (χ2n) is 9.32. The molecule has 152 valence electrons. The third kappa shape index (κ3) is 4.00. The lowest BCUT2D eigenvalue weighted by atomic mass is 9.75. The Hall–Kier alpha value is -2.43. The topological polar surface area (TPSA) is 68.7 Å². The molecule has 1 saturated carbocycles. The van der Waals surface area contributed by atoms with E-state index in [-0.39, 0.29) is 5.54 Å². The Morgan fingerprint density at radius 3 is 2.79 bits per heavy atom. The van der Waals surface area contributed by atoms with Crippen LogP contribution in [0.15, 0.2) is 36.9 Å². The number of pyridine rings is 1. The molecule has 0 spiro atoms. The summed E-state index contributed by atoms with van der Waals surface area (Å²) >= 11 is 0. The lowest BCUT2D eigenvalue weighted by Gasteiger charge is -2.40. The number of hydrogen-bond donors (Lipinski definition) is 0. The van der Waals surface area contributed by atoms with Crippen LogP contribution in [0.2, 0.25) is 25.7 Å². The molecule has 0 atom stereocenters. The van der Waals surface area contributed by atoms with Gasteiger partial charge in [0.25, 0.3) is 0 Å². The van der Waals surface area contributed by atoms with Crippen LogP contribution in [0.25, 0.3) is 22.2 Å². The van der Waals surface area contributed by atoms with Gasteiger partial charge in [0.05, 0.1) is 24.2 Å². The maximum absolute atomic E-state index is 9.22. The van der Waals surface area contributed by atoms with Gasteiger partial charge >= 0.3 is 0 Å². The Morgan fingerprint density at radius 2 is 2.10 bits per heavy atom. The molecule has 0 unspecified atom stereocenters. The largest absolute Gasteiger partial charge is 0.361 e. The Morgan fingerprint density at radius 1 is 1.28 bits per heavy atom. The number of rotatable bonds is 8. The first-order valence-electron chi connectivity index (χ1n) is 10.4. The van der Waals surface area contributed by atoms with E-state index in [0.717, 1.165) is 54.1 Å². The van der Waals surface area contributed by atoms with E-state index in [1.807, 2.05) is 29.3 Å². The smallest absolute Gasteiger partial charge is 0.142 e. The van der Waals surface area contributed by atoms with Gasteiger partial charge in [-0.25, -0.2) is 4.98 Å². The molecular weight excluding hydrogens is 378 g/mol. The minimum Gasteiger partial charge on any atom is -0.361 e. The molecule has 0 amide bonds. The number of ether oxygens (including phenoxy) is 1. The Labute approximate surface area is 173 Å². The Kier molecular flexibility index (Phi) is 5.32. The average Bonchev–Trinajstić information content (AvgIpc) is 3.28. The van der Waals surface area contributed by atoms with Crippen molar-refractivity contribution in [2.24, 2.45) is 0 Å². The molecule has 0 saturated heterocycles. The van der Waals surface area contributed by atoms with Crippen molar-refractivity contribution in [2.45, 2.75) is 63.6 Å². The van der Waals surface area contributed by atoms with E-state index in [1.54, 1.807) is 0 Å². The van der Waals surface area contributed by atoms with Crippen LogP contribution >= 0.6 is 0 Å². The Balaban J connectivity index is 1.55. The van der Waals surface area contributed by atoms with Crippen molar-refractivity contribution >= 4 is 19.1 Å². The Bertz CT molecular complexity index is 1040. The molecule has 0 N–H and O–H groups in total. The lowest BCUT2D eigenvalue weighted by Crippen LogP contribution is -2.40. The molecule has 3 aromatic heterocycles. The quantitative estimate of drug-likeness (QED) is 0.389. The summed E-state index contributed by atoms with van der Waals surface area (Å²) in [6.07, 6.45) is 11.6. The molecule has 4 rings (SSSR count). The van der Waals surface area contributed by atoms with Crippen LogP contribution in [0.5, 0.6) is 0 Å². The van der Waals surface area contributed by atoms with Crippen molar-refractivity contribution in [2.75, 3.05) is 6.61 Å². The molecule has 1 aliphatic rings. The van der Waals surface area contributed by atoms with Crippen LogP contribution in [-0.2, 0) is 17.0 Å². The van der Waals surface area contributed by atoms with Crippen molar-refractivity contribution < 1.29 is 4.74 Å². The van der Waals surface area contributed by atoms with Gasteiger partial charge in [0.2, 0.25) is 0 Å². The minimum absolute atomic E-state index is 0.116. The van der Waals surface area contributed by atoms with E-state index in [9.17, 15) is 5.26 Å². The van der Waals surface area contributed by atoms with Crippen molar-refractivity contribution in [3.63, 3.8) is 0 Å². The highest BCUT2D eigenvalue weighted by molar-refractivity contribution is 6.76. The van der Waals surface area contributed by atoms with Crippen molar-refractivity contribution in [3.8, 4) is 17.2 Å². The fourth-order valence-electron chi connectivity index (χ4n) is 3.93. The van der Waals surface area contributed by atoms with Crippen LogP contribution in [0.3, 0.4) is 0 Å². The number of aromatic nitrogens is 4. The van der Waals surface area contributed by atoms with Crippen LogP contribution in [0.4, 0.5) is 0 Å². The molecule has 0 bridgehead atoms.